The van der Waals surface area contributed by atoms with E-state index < -0.39 is 4.92 Å². The van der Waals surface area contributed by atoms with Crippen LogP contribution >= 0.6 is 35.0 Å². The topological polar surface area (TPSA) is 99.3 Å². The average Bonchev–Trinajstić information content (AvgIpc) is 3.02. The Morgan fingerprint density at radius 2 is 2.10 bits per heavy atom. The van der Waals surface area contributed by atoms with Crippen LogP contribution in [0.1, 0.15) is 0 Å². The molecule has 0 aliphatic carbocycles. The molecule has 0 saturated carbocycles. The molecule has 0 atom stereocenters. The van der Waals surface area contributed by atoms with Crippen molar-refractivity contribution in [3.05, 3.63) is 56.6 Å². The molecule has 8 nitrogen and oxygen atoms in total. The van der Waals surface area contributed by atoms with Crippen molar-refractivity contribution in [1.82, 2.24) is 9.55 Å². The molecule has 0 aliphatic heterocycles. The molecule has 1 N–H and O–H groups in total. The number of benzene rings is 2. The number of fused-ring (bicyclic) bond motifs is 1. The number of aromatic nitrogens is 2. The largest absolute Gasteiger partial charge is 0.383 e. The molecule has 1 aromatic heterocycles. The van der Waals surface area contributed by atoms with Crippen molar-refractivity contribution in [3.8, 4) is 0 Å². The Labute approximate surface area is 180 Å². The minimum Gasteiger partial charge on any atom is -0.383 e. The maximum atomic E-state index is 12.4. The summed E-state index contributed by atoms with van der Waals surface area (Å²) in [5.74, 6) is -0.316. The maximum absolute atomic E-state index is 12.4. The lowest BCUT2D eigenvalue weighted by atomic mass is 10.3. The van der Waals surface area contributed by atoms with Crippen LogP contribution in [0.3, 0.4) is 0 Å². The second-order valence-electron chi connectivity index (χ2n) is 5.93. The van der Waals surface area contributed by atoms with Crippen LogP contribution in [0.2, 0.25) is 10.0 Å². The Morgan fingerprint density at radius 3 is 2.83 bits per heavy atom. The zero-order chi connectivity index (χ0) is 21.0. The van der Waals surface area contributed by atoms with Crippen molar-refractivity contribution in [2.45, 2.75) is 11.7 Å². The summed E-state index contributed by atoms with van der Waals surface area (Å²) in [5, 5.41) is 14.9. The second-order valence-corrected chi connectivity index (χ2v) is 7.72. The fourth-order valence-electron chi connectivity index (χ4n) is 2.63. The number of halogens is 2. The molecule has 3 rings (SSSR count). The number of hydrogen-bond acceptors (Lipinski definition) is 6. The van der Waals surface area contributed by atoms with E-state index in [1.54, 1.807) is 19.2 Å². The summed E-state index contributed by atoms with van der Waals surface area (Å²) in [6, 6.07) is 9.27. The Balaban J connectivity index is 1.75. The van der Waals surface area contributed by atoms with Gasteiger partial charge in [0.25, 0.3) is 5.69 Å². The van der Waals surface area contributed by atoms with Gasteiger partial charge in [-0.15, -0.1) is 0 Å². The summed E-state index contributed by atoms with van der Waals surface area (Å²) >= 11 is 13.3. The normalized spacial score (nSPS) is 11.0. The first-order chi connectivity index (χ1) is 13.9. The van der Waals surface area contributed by atoms with Crippen molar-refractivity contribution in [1.29, 1.82) is 0 Å². The van der Waals surface area contributed by atoms with Gasteiger partial charge in [0.1, 0.15) is 0 Å². The van der Waals surface area contributed by atoms with E-state index in [2.05, 4.69) is 10.3 Å². The molecule has 0 aliphatic rings. The van der Waals surface area contributed by atoms with Gasteiger partial charge in [0.15, 0.2) is 5.16 Å². The summed E-state index contributed by atoms with van der Waals surface area (Å²) in [5.41, 5.74) is 1.64. The Kier molecular flexibility index (Phi) is 6.96. The second kappa shape index (κ2) is 9.45. The van der Waals surface area contributed by atoms with E-state index >= 15 is 0 Å². The van der Waals surface area contributed by atoms with Crippen molar-refractivity contribution in [2.75, 3.05) is 24.8 Å². The molecule has 11 heteroatoms. The quantitative estimate of drug-likeness (QED) is 0.302. The number of nitro benzene ring substituents is 1. The third kappa shape index (κ3) is 5.18. The molecule has 3 aromatic rings. The van der Waals surface area contributed by atoms with Crippen LogP contribution in [-0.4, -0.2) is 39.9 Å². The van der Waals surface area contributed by atoms with Crippen molar-refractivity contribution in [2.24, 2.45) is 0 Å². The number of nitrogens with zero attached hydrogens (tertiary/aromatic N) is 3. The molecule has 29 heavy (non-hydrogen) atoms. The SMILES string of the molecule is COCCn1c(SCC(=O)Nc2cc([N+](=O)[O-])ccc2Cl)nc2cc(Cl)ccc21. The maximum Gasteiger partial charge on any atom is 0.271 e. The zero-order valence-electron chi connectivity index (χ0n) is 15.2. The molecule has 152 valence electrons. The molecular weight excluding hydrogens is 439 g/mol. The molecule has 0 saturated heterocycles. The lowest BCUT2D eigenvalue weighted by Gasteiger charge is -2.09. The zero-order valence-corrected chi connectivity index (χ0v) is 17.6. The Hall–Kier alpha value is -2.33. The predicted octanol–water partition coefficient (Wildman–Crippen LogP) is 4.63. The number of nitrogens with one attached hydrogen (secondary N) is 1. The van der Waals surface area contributed by atoms with Gasteiger partial charge < -0.3 is 14.6 Å². The average molecular weight is 455 g/mol. The Morgan fingerprint density at radius 1 is 1.31 bits per heavy atom. The van der Waals surface area contributed by atoms with E-state index in [-0.39, 0.29) is 28.1 Å². The predicted molar refractivity (Wildman–Crippen MR) is 114 cm³/mol. The number of ether oxygens (including phenoxy) is 1. The van der Waals surface area contributed by atoms with Gasteiger partial charge in [-0.3, -0.25) is 14.9 Å². The van der Waals surface area contributed by atoms with Crippen LogP contribution in [-0.2, 0) is 16.1 Å². The van der Waals surface area contributed by atoms with Gasteiger partial charge in [-0.2, -0.15) is 0 Å². The summed E-state index contributed by atoms with van der Waals surface area (Å²) in [4.78, 5) is 27.3. The van der Waals surface area contributed by atoms with Gasteiger partial charge in [0.05, 0.1) is 39.0 Å². The van der Waals surface area contributed by atoms with Gasteiger partial charge in [-0.25, -0.2) is 4.98 Å². The van der Waals surface area contributed by atoms with Crippen molar-refractivity contribution < 1.29 is 14.5 Å². The number of methoxy groups -OCH3 is 1. The molecule has 0 bridgehead atoms. The molecule has 0 radical (unpaired) electrons. The van der Waals surface area contributed by atoms with E-state index in [4.69, 9.17) is 27.9 Å². The first-order valence-corrected chi connectivity index (χ1v) is 10.1. The molecule has 0 unspecified atom stereocenters. The number of thioether (sulfide) groups is 1. The minimum atomic E-state index is -0.552. The number of carbonyl (C=O) groups is 1. The number of imidazole rings is 1. The van der Waals surface area contributed by atoms with Crippen LogP contribution in [0, 0.1) is 10.1 Å². The van der Waals surface area contributed by atoms with E-state index in [9.17, 15) is 14.9 Å². The fourth-order valence-corrected chi connectivity index (χ4v) is 3.80. The minimum absolute atomic E-state index is 0.0447. The highest BCUT2D eigenvalue weighted by atomic mass is 35.5. The lowest BCUT2D eigenvalue weighted by molar-refractivity contribution is -0.384. The summed E-state index contributed by atoms with van der Waals surface area (Å²) in [7, 11) is 1.61. The standard InChI is InChI=1S/C18H16Cl2N4O4S/c1-28-7-6-23-16-5-2-11(19)8-15(16)22-18(23)29-10-17(25)21-14-9-12(24(26)27)3-4-13(14)20/h2-5,8-9H,6-7,10H2,1H3,(H,21,25). The van der Waals surface area contributed by atoms with Crippen LogP contribution in [0.15, 0.2) is 41.6 Å². The van der Waals surface area contributed by atoms with E-state index in [1.807, 2.05) is 10.6 Å². The number of hydrogen-bond donors (Lipinski definition) is 1. The third-order valence-corrected chi connectivity index (χ3v) is 5.50. The number of non-ortho nitro benzene ring substituents is 1. The molecule has 1 heterocycles. The summed E-state index contributed by atoms with van der Waals surface area (Å²) in [6.45, 7) is 1.05. The van der Waals surface area contributed by atoms with Gasteiger partial charge in [-0.05, 0) is 24.3 Å². The van der Waals surface area contributed by atoms with Gasteiger partial charge >= 0.3 is 0 Å². The number of anilines is 1. The van der Waals surface area contributed by atoms with Crippen LogP contribution in [0.4, 0.5) is 11.4 Å². The Bertz CT molecular complexity index is 1070. The molecule has 2 aromatic carbocycles. The van der Waals surface area contributed by atoms with Gasteiger partial charge in [0.2, 0.25) is 5.91 Å². The first kappa shape index (κ1) is 21.4. The number of amides is 1. The fraction of sp³-hybridized carbons (Fsp3) is 0.222. The highest BCUT2D eigenvalue weighted by Gasteiger charge is 2.15. The highest BCUT2D eigenvalue weighted by Crippen LogP contribution is 2.29. The summed E-state index contributed by atoms with van der Waals surface area (Å²) in [6.07, 6.45) is 0. The van der Waals surface area contributed by atoms with Gasteiger partial charge in [-0.1, -0.05) is 35.0 Å². The van der Waals surface area contributed by atoms with E-state index in [0.29, 0.717) is 23.3 Å². The highest BCUT2D eigenvalue weighted by molar-refractivity contribution is 7.99. The van der Waals surface area contributed by atoms with Crippen molar-refractivity contribution >= 4 is 63.3 Å². The van der Waals surface area contributed by atoms with Crippen LogP contribution < -0.4 is 5.32 Å². The summed E-state index contributed by atoms with van der Waals surface area (Å²) < 4.78 is 7.11. The van der Waals surface area contributed by atoms with Crippen LogP contribution in [0.5, 0.6) is 0 Å². The van der Waals surface area contributed by atoms with E-state index in [1.165, 1.54) is 30.0 Å². The molecular formula is C18H16Cl2N4O4S. The van der Waals surface area contributed by atoms with Gasteiger partial charge in [0, 0.05) is 30.8 Å². The molecule has 0 fully saturated rings. The van der Waals surface area contributed by atoms with Crippen LogP contribution in [0.25, 0.3) is 11.0 Å². The number of nitro groups is 1. The number of rotatable bonds is 8. The van der Waals surface area contributed by atoms with E-state index in [0.717, 1.165) is 11.0 Å². The monoisotopic (exact) mass is 454 g/mol. The first-order valence-electron chi connectivity index (χ1n) is 8.40. The molecule has 1 amide bonds. The smallest absolute Gasteiger partial charge is 0.271 e. The lowest BCUT2D eigenvalue weighted by Crippen LogP contribution is -2.15. The van der Waals surface area contributed by atoms with Crippen molar-refractivity contribution in [3.63, 3.8) is 0 Å². The molecule has 0 spiro atoms. The third-order valence-electron chi connectivity index (χ3n) is 3.96. The number of carbonyl (C=O) groups excluding carboxylic acids is 1.